The van der Waals surface area contributed by atoms with Crippen molar-refractivity contribution in [1.82, 2.24) is 0 Å². The number of esters is 1. The highest BCUT2D eigenvalue weighted by Crippen LogP contribution is 2.23. The molecule has 0 aliphatic heterocycles. The molecule has 0 spiro atoms. The smallest absolute Gasteiger partial charge is 0.331 e. The lowest BCUT2D eigenvalue weighted by atomic mass is 10.1. The maximum absolute atomic E-state index is 12.1. The summed E-state index contributed by atoms with van der Waals surface area (Å²) in [5, 5.41) is 2.82. The van der Waals surface area contributed by atoms with Gasteiger partial charge in [0, 0.05) is 17.8 Å². The van der Waals surface area contributed by atoms with E-state index in [9.17, 15) is 9.59 Å². The number of para-hydroxylation sites is 1. The number of anilines is 1. The Hall–Kier alpha value is -3.28. The number of carbonyl (C=O) groups is 2. The first-order valence-corrected chi connectivity index (χ1v) is 8.93. The minimum absolute atomic E-state index is 0.359. The zero-order valence-corrected chi connectivity index (χ0v) is 16.6. The van der Waals surface area contributed by atoms with Crippen molar-refractivity contribution in [1.29, 1.82) is 0 Å². The van der Waals surface area contributed by atoms with Gasteiger partial charge in [0.05, 0.1) is 14.2 Å². The predicted molar refractivity (Wildman–Crippen MR) is 109 cm³/mol. The summed E-state index contributed by atoms with van der Waals surface area (Å²) in [6.45, 7) is 3.58. The minimum Gasteiger partial charge on any atom is -0.497 e. The highest BCUT2D eigenvalue weighted by Gasteiger charge is 2.10. The SMILES string of the molecule is CCc1cccc(C)c1NC(=O)COC(=O)/C=C/c1cc(OC)cc(OC)c1. The average molecular weight is 383 g/mol. The van der Waals surface area contributed by atoms with Gasteiger partial charge >= 0.3 is 5.97 Å². The van der Waals surface area contributed by atoms with Crippen LogP contribution < -0.4 is 14.8 Å². The number of ether oxygens (including phenoxy) is 3. The van der Waals surface area contributed by atoms with E-state index in [2.05, 4.69) is 5.32 Å². The number of nitrogens with one attached hydrogen (secondary N) is 1. The van der Waals surface area contributed by atoms with Crippen molar-refractivity contribution in [2.75, 3.05) is 26.1 Å². The fourth-order valence-electron chi connectivity index (χ4n) is 2.65. The molecular weight excluding hydrogens is 358 g/mol. The van der Waals surface area contributed by atoms with Crippen molar-refractivity contribution >= 4 is 23.6 Å². The number of hydrogen-bond acceptors (Lipinski definition) is 5. The third-order valence-electron chi connectivity index (χ3n) is 4.14. The van der Waals surface area contributed by atoms with Crippen LogP contribution in [0.25, 0.3) is 6.08 Å². The highest BCUT2D eigenvalue weighted by atomic mass is 16.5. The molecule has 0 saturated heterocycles. The summed E-state index contributed by atoms with van der Waals surface area (Å²) in [6.07, 6.45) is 3.62. The van der Waals surface area contributed by atoms with Crippen LogP contribution in [0.4, 0.5) is 5.69 Å². The van der Waals surface area contributed by atoms with Crippen LogP contribution in [-0.2, 0) is 20.7 Å². The molecule has 2 aromatic carbocycles. The topological polar surface area (TPSA) is 73.9 Å². The van der Waals surface area contributed by atoms with Gasteiger partial charge in [-0.25, -0.2) is 4.79 Å². The molecule has 0 aromatic heterocycles. The zero-order chi connectivity index (χ0) is 20.5. The average Bonchev–Trinajstić information content (AvgIpc) is 2.71. The van der Waals surface area contributed by atoms with Crippen LogP contribution in [0.5, 0.6) is 11.5 Å². The molecule has 0 bridgehead atoms. The van der Waals surface area contributed by atoms with E-state index in [0.717, 1.165) is 23.2 Å². The lowest BCUT2D eigenvalue weighted by molar-refractivity contribution is -0.142. The molecule has 1 amide bonds. The number of methoxy groups -OCH3 is 2. The molecule has 0 aliphatic rings. The van der Waals surface area contributed by atoms with Gasteiger partial charge in [-0.3, -0.25) is 4.79 Å². The van der Waals surface area contributed by atoms with Crippen molar-refractivity contribution in [3.8, 4) is 11.5 Å². The predicted octanol–water partition coefficient (Wildman–Crippen LogP) is 3.77. The minimum atomic E-state index is -0.613. The summed E-state index contributed by atoms with van der Waals surface area (Å²) in [4.78, 5) is 24.1. The summed E-state index contributed by atoms with van der Waals surface area (Å²) in [7, 11) is 3.10. The number of rotatable bonds is 8. The van der Waals surface area contributed by atoms with Crippen LogP contribution in [0.1, 0.15) is 23.6 Å². The molecule has 6 heteroatoms. The molecule has 2 rings (SSSR count). The Morgan fingerprint density at radius 3 is 2.36 bits per heavy atom. The second-order valence-corrected chi connectivity index (χ2v) is 6.10. The van der Waals surface area contributed by atoms with Crippen molar-refractivity contribution in [2.45, 2.75) is 20.3 Å². The Labute approximate surface area is 165 Å². The van der Waals surface area contributed by atoms with Crippen molar-refractivity contribution in [2.24, 2.45) is 0 Å². The quantitative estimate of drug-likeness (QED) is 0.555. The van der Waals surface area contributed by atoms with E-state index in [4.69, 9.17) is 14.2 Å². The van der Waals surface area contributed by atoms with Crippen LogP contribution in [0.15, 0.2) is 42.5 Å². The molecule has 0 radical (unpaired) electrons. The van der Waals surface area contributed by atoms with Gasteiger partial charge in [0.1, 0.15) is 11.5 Å². The molecule has 0 fully saturated rings. The Balaban J connectivity index is 1.94. The van der Waals surface area contributed by atoms with E-state index in [-0.39, 0.29) is 12.5 Å². The number of benzene rings is 2. The van der Waals surface area contributed by atoms with E-state index in [1.165, 1.54) is 6.08 Å². The molecule has 6 nitrogen and oxygen atoms in total. The summed E-state index contributed by atoms with van der Waals surface area (Å²) >= 11 is 0. The molecule has 0 aliphatic carbocycles. The molecule has 1 N–H and O–H groups in total. The summed E-state index contributed by atoms with van der Waals surface area (Å²) in [5.74, 6) is 0.222. The van der Waals surface area contributed by atoms with Gasteiger partial charge < -0.3 is 19.5 Å². The maximum Gasteiger partial charge on any atom is 0.331 e. The summed E-state index contributed by atoms with van der Waals surface area (Å²) < 4.78 is 15.4. The second-order valence-electron chi connectivity index (χ2n) is 6.10. The fourth-order valence-corrected chi connectivity index (χ4v) is 2.65. The highest BCUT2D eigenvalue weighted by molar-refractivity contribution is 5.95. The molecule has 0 saturated carbocycles. The maximum atomic E-state index is 12.1. The number of aryl methyl sites for hydroxylation is 2. The van der Waals surface area contributed by atoms with Gasteiger partial charge in [-0.2, -0.15) is 0 Å². The first-order chi connectivity index (χ1) is 13.5. The Bertz CT molecular complexity index is 851. The zero-order valence-electron chi connectivity index (χ0n) is 16.6. The lowest BCUT2D eigenvalue weighted by Gasteiger charge is -2.12. The summed E-state index contributed by atoms with van der Waals surface area (Å²) in [5.41, 5.74) is 3.48. The van der Waals surface area contributed by atoms with Crippen LogP contribution >= 0.6 is 0 Å². The van der Waals surface area contributed by atoms with Gasteiger partial charge in [-0.05, 0) is 48.2 Å². The van der Waals surface area contributed by atoms with Gasteiger partial charge in [0.15, 0.2) is 6.61 Å². The number of carbonyl (C=O) groups excluding carboxylic acids is 2. The van der Waals surface area contributed by atoms with Gasteiger partial charge in [-0.15, -0.1) is 0 Å². The van der Waals surface area contributed by atoms with E-state index in [1.807, 2.05) is 32.0 Å². The van der Waals surface area contributed by atoms with Crippen LogP contribution in [0.3, 0.4) is 0 Å². The fraction of sp³-hybridized carbons (Fsp3) is 0.273. The number of amides is 1. The second kappa shape index (κ2) is 10.2. The molecule has 28 heavy (non-hydrogen) atoms. The normalized spacial score (nSPS) is 10.6. The van der Waals surface area contributed by atoms with E-state index in [0.29, 0.717) is 17.1 Å². The first kappa shape index (κ1) is 21.0. The van der Waals surface area contributed by atoms with Gasteiger partial charge in [0.2, 0.25) is 0 Å². The van der Waals surface area contributed by atoms with Gasteiger partial charge in [0.25, 0.3) is 5.91 Å². The molecular formula is C22H25NO5. The molecule has 0 atom stereocenters. The van der Waals surface area contributed by atoms with Crippen molar-refractivity contribution in [3.05, 3.63) is 59.2 Å². The van der Waals surface area contributed by atoms with Crippen LogP contribution in [-0.4, -0.2) is 32.7 Å². The largest absolute Gasteiger partial charge is 0.497 e. The summed E-state index contributed by atoms with van der Waals surface area (Å²) in [6, 6.07) is 11.1. The number of hydrogen-bond donors (Lipinski definition) is 1. The van der Waals surface area contributed by atoms with E-state index in [1.54, 1.807) is 38.5 Å². The molecule has 0 heterocycles. The molecule has 148 valence electrons. The monoisotopic (exact) mass is 383 g/mol. The molecule has 0 unspecified atom stereocenters. The Kier molecular flexibility index (Phi) is 7.63. The van der Waals surface area contributed by atoms with Crippen molar-refractivity contribution in [3.63, 3.8) is 0 Å². The molecule has 2 aromatic rings. The third-order valence-corrected chi connectivity index (χ3v) is 4.14. The van der Waals surface area contributed by atoms with E-state index >= 15 is 0 Å². The standard InChI is InChI=1S/C22H25NO5/c1-5-17-8-6-7-15(2)22(17)23-20(24)14-28-21(25)10-9-16-11-18(26-3)13-19(12-16)27-4/h6-13H,5,14H2,1-4H3,(H,23,24)/b10-9+. The van der Waals surface area contributed by atoms with Crippen LogP contribution in [0, 0.1) is 6.92 Å². The van der Waals surface area contributed by atoms with Crippen molar-refractivity contribution < 1.29 is 23.8 Å². The first-order valence-electron chi connectivity index (χ1n) is 8.93. The van der Waals surface area contributed by atoms with E-state index < -0.39 is 5.97 Å². The van der Waals surface area contributed by atoms with Gasteiger partial charge in [-0.1, -0.05) is 25.1 Å². The van der Waals surface area contributed by atoms with Crippen LogP contribution in [0.2, 0.25) is 0 Å². The Morgan fingerprint density at radius 2 is 1.75 bits per heavy atom. The third kappa shape index (κ3) is 5.87. The lowest BCUT2D eigenvalue weighted by Crippen LogP contribution is -2.21. The Morgan fingerprint density at radius 1 is 1.07 bits per heavy atom.